The molecule has 0 amide bonds. The zero-order valence-electron chi connectivity index (χ0n) is 11.7. The molecule has 0 aliphatic carbocycles. The molecule has 0 fully saturated rings. The summed E-state index contributed by atoms with van der Waals surface area (Å²) in [5.41, 5.74) is 8.80. The maximum atomic E-state index is 13.9. The molecular formula is C17H18F2N2. The van der Waals surface area contributed by atoms with Crippen molar-refractivity contribution in [3.05, 3.63) is 70.8 Å². The molecule has 0 saturated heterocycles. The van der Waals surface area contributed by atoms with Crippen LogP contribution in [-0.2, 0) is 13.0 Å². The van der Waals surface area contributed by atoms with Crippen LogP contribution < -0.4 is 5.73 Å². The van der Waals surface area contributed by atoms with Gasteiger partial charge in [0.1, 0.15) is 0 Å². The van der Waals surface area contributed by atoms with Gasteiger partial charge >= 0.3 is 0 Å². The molecule has 0 bridgehead atoms. The van der Waals surface area contributed by atoms with Gasteiger partial charge in [-0.1, -0.05) is 36.4 Å². The molecule has 3 rings (SSSR count). The Balaban J connectivity index is 1.88. The first-order chi connectivity index (χ1) is 10.2. The van der Waals surface area contributed by atoms with Crippen molar-refractivity contribution >= 4 is 0 Å². The Morgan fingerprint density at radius 2 is 1.90 bits per heavy atom. The van der Waals surface area contributed by atoms with E-state index in [1.807, 2.05) is 12.1 Å². The zero-order chi connectivity index (χ0) is 14.8. The lowest BCUT2D eigenvalue weighted by Gasteiger charge is -2.36. The minimum absolute atomic E-state index is 0.0533. The highest BCUT2D eigenvalue weighted by Gasteiger charge is 2.26. The topological polar surface area (TPSA) is 29.3 Å². The lowest BCUT2D eigenvalue weighted by atomic mass is 9.92. The Morgan fingerprint density at radius 3 is 2.71 bits per heavy atom. The second-order valence-corrected chi connectivity index (χ2v) is 5.38. The average molecular weight is 288 g/mol. The van der Waals surface area contributed by atoms with Gasteiger partial charge in [-0.3, -0.25) is 4.90 Å². The van der Waals surface area contributed by atoms with E-state index in [0.29, 0.717) is 18.7 Å². The zero-order valence-corrected chi connectivity index (χ0v) is 11.7. The quantitative estimate of drug-likeness (QED) is 0.940. The van der Waals surface area contributed by atoms with Gasteiger partial charge in [-0.2, -0.15) is 0 Å². The first-order valence-electron chi connectivity index (χ1n) is 7.15. The smallest absolute Gasteiger partial charge is 0.163 e. The predicted octanol–water partition coefficient (Wildman–Crippen LogP) is 3.02. The number of fused-ring (bicyclic) bond motifs is 1. The van der Waals surface area contributed by atoms with Crippen LogP contribution in [0.4, 0.5) is 8.78 Å². The van der Waals surface area contributed by atoms with Crippen LogP contribution in [0, 0.1) is 11.6 Å². The van der Waals surface area contributed by atoms with Gasteiger partial charge in [-0.05, 0) is 23.6 Å². The van der Waals surface area contributed by atoms with Crippen LogP contribution in [0.15, 0.2) is 42.5 Å². The molecule has 1 aliphatic heterocycles. The third kappa shape index (κ3) is 2.69. The molecule has 1 heterocycles. The number of hydrogen-bond donors (Lipinski definition) is 1. The van der Waals surface area contributed by atoms with E-state index in [1.54, 1.807) is 12.1 Å². The maximum absolute atomic E-state index is 13.9. The molecule has 0 spiro atoms. The summed E-state index contributed by atoms with van der Waals surface area (Å²) in [6, 6.07) is 12.6. The first-order valence-corrected chi connectivity index (χ1v) is 7.15. The summed E-state index contributed by atoms with van der Waals surface area (Å²) in [4.78, 5) is 2.13. The molecule has 0 aromatic heterocycles. The van der Waals surface area contributed by atoms with Gasteiger partial charge in [0.05, 0.1) is 0 Å². The van der Waals surface area contributed by atoms with Gasteiger partial charge in [0.2, 0.25) is 0 Å². The van der Waals surface area contributed by atoms with Crippen molar-refractivity contribution in [2.45, 2.75) is 19.0 Å². The number of halogens is 2. The van der Waals surface area contributed by atoms with E-state index in [-0.39, 0.29) is 6.04 Å². The summed E-state index contributed by atoms with van der Waals surface area (Å²) in [5.74, 6) is -1.55. The highest BCUT2D eigenvalue weighted by molar-refractivity contribution is 5.33. The number of nitrogens with zero attached hydrogens (tertiary/aromatic N) is 1. The Labute approximate surface area is 123 Å². The van der Waals surface area contributed by atoms with Gasteiger partial charge in [-0.25, -0.2) is 8.78 Å². The molecule has 1 atom stereocenters. The van der Waals surface area contributed by atoms with Crippen molar-refractivity contribution in [2.75, 3.05) is 13.1 Å². The Hall–Kier alpha value is -1.78. The Morgan fingerprint density at radius 1 is 1.10 bits per heavy atom. The van der Waals surface area contributed by atoms with Gasteiger partial charge in [0.15, 0.2) is 11.6 Å². The highest BCUT2D eigenvalue weighted by atomic mass is 19.2. The molecular weight excluding hydrogens is 270 g/mol. The molecule has 2 aromatic rings. The van der Waals surface area contributed by atoms with Crippen molar-refractivity contribution in [3.63, 3.8) is 0 Å². The van der Waals surface area contributed by atoms with E-state index in [0.717, 1.165) is 19.0 Å². The minimum Gasteiger partial charge on any atom is -0.329 e. The normalized spacial score (nSPS) is 18.5. The lowest BCUT2D eigenvalue weighted by molar-refractivity contribution is 0.178. The molecule has 2 N–H and O–H groups in total. The minimum atomic E-state index is -0.797. The molecule has 4 heteroatoms. The van der Waals surface area contributed by atoms with Gasteiger partial charge in [0.25, 0.3) is 0 Å². The van der Waals surface area contributed by atoms with Crippen molar-refractivity contribution in [3.8, 4) is 0 Å². The van der Waals surface area contributed by atoms with Crippen LogP contribution in [0.5, 0.6) is 0 Å². The molecule has 1 unspecified atom stereocenters. The summed E-state index contributed by atoms with van der Waals surface area (Å²) in [5, 5.41) is 0. The third-order valence-corrected chi connectivity index (χ3v) is 4.15. The fraction of sp³-hybridized carbons (Fsp3) is 0.294. The molecule has 1 aliphatic rings. The Bertz CT molecular complexity index is 642. The van der Waals surface area contributed by atoms with Crippen LogP contribution in [0.1, 0.15) is 22.7 Å². The number of benzene rings is 2. The summed E-state index contributed by atoms with van der Waals surface area (Å²) >= 11 is 0. The van der Waals surface area contributed by atoms with Crippen molar-refractivity contribution in [2.24, 2.45) is 5.73 Å². The van der Waals surface area contributed by atoms with Crippen LogP contribution >= 0.6 is 0 Å². The molecule has 2 aromatic carbocycles. The number of nitrogens with two attached hydrogens (primary N) is 1. The summed E-state index contributed by atoms with van der Waals surface area (Å²) < 4.78 is 27.2. The van der Waals surface area contributed by atoms with E-state index in [2.05, 4.69) is 17.0 Å². The van der Waals surface area contributed by atoms with Crippen molar-refractivity contribution in [1.29, 1.82) is 0 Å². The molecule has 0 radical (unpaired) electrons. The predicted molar refractivity (Wildman–Crippen MR) is 78.7 cm³/mol. The van der Waals surface area contributed by atoms with E-state index in [9.17, 15) is 8.78 Å². The van der Waals surface area contributed by atoms with Gasteiger partial charge in [0, 0.05) is 31.2 Å². The summed E-state index contributed by atoms with van der Waals surface area (Å²) in [6.45, 7) is 1.64. The lowest BCUT2D eigenvalue weighted by Crippen LogP contribution is -2.39. The third-order valence-electron chi connectivity index (χ3n) is 4.15. The van der Waals surface area contributed by atoms with Crippen LogP contribution in [0.25, 0.3) is 0 Å². The van der Waals surface area contributed by atoms with Crippen LogP contribution in [0.3, 0.4) is 0 Å². The van der Waals surface area contributed by atoms with Crippen molar-refractivity contribution < 1.29 is 8.78 Å². The highest BCUT2D eigenvalue weighted by Crippen LogP contribution is 2.30. The fourth-order valence-electron chi connectivity index (χ4n) is 3.06. The molecule has 0 saturated carbocycles. The molecule has 2 nitrogen and oxygen atoms in total. The van der Waals surface area contributed by atoms with E-state index in [1.165, 1.54) is 11.1 Å². The molecule has 21 heavy (non-hydrogen) atoms. The largest absolute Gasteiger partial charge is 0.329 e. The molecule has 110 valence electrons. The SMILES string of the molecule is NCC1c2ccccc2CCN1Cc1cccc(F)c1F. The van der Waals surface area contributed by atoms with E-state index >= 15 is 0 Å². The standard InChI is InChI=1S/C17H18F2N2/c18-15-7-3-5-13(17(15)19)11-21-9-8-12-4-1-2-6-14(12)16(21)10-20/h1-7,16H,8-11,20H2. The number of hydrogen-bond acceptors (Lipinski definition) is 2. The summed E-state index contributed by atoms with van der Waals surface area (Å²) in [6.07, 6.45) is 0.906. The maximum Gasteiger partial charge on any atom is 0.163 e. The van der Waals surface area contributed by atoms with Crippen LogP contribution in [-0.4, -0.2) is 18.0 Å². The fourth-order valence-corrected chi connectivity index (χ4v) is 3.06. The Kier molecular flexibility index (Phi) is 3.99. The van der Waals surface area contributed by atoms with E-state index < -0.39 is 11.6 Å². The number of rotatable bonds is 3. The monoisotopic (exact) mass is 288 g/mol. The van der Waals surface area contributed by atoms with Crippen molar-refractivity contribution in [1.82, 2.24) is 4.90 Å². The van der Waals surface area contributed by atoms with Gasteiger partial charge < -0.3 is 5.73 Å². The summed E-state index contributed by atoms with van der Waals surface area (Å²) in [7, 11) is 0. The second kappa shape index (κ2) is 5.92. The average Bonchev–Trinajstić information content (AvgIpc) is 2.51. The van der Waals surface area contributed by atoms with E-state index in [4.69, 9.17) is 5.73 Å². The van der Waals surface area contributed by atoms with Crippen LogP contribution in [0.2, 0.25) is 0 Å². The second-order valence-electron chi connectivity index (χ2n) is 5.38. The first kappa shape index (κ1) is 14.2. The van der Waals surface area contributed by atoms with Gasteiger partial charge in [-0.15, -0.1) is 0 Å².